The van der Waals surface area contributed by atoms with Crippen LogP contribution >= 0.6 is 0 Å². The summed E-state index contributed by atoms with van der Waals surface area (Å²) in [5.74, 6) is 1.53. The minimum atomic E-state index is 0.159. The minimum Gasteiger partial charge on any atom is -0.324 e. The van der Waals surface area contributed by atoms with Gasteiger partial charge in [-0.25, -0.2) is 0 Å². The summed E-state index contributed by atoms with van der Waals surface area (Å²) >= 11 is 0. The predicted molar refractivity (Wildman–Crippen MR) is 142 cm³/mol. The summed E-state index contributed by atoms with van der Waals surface area (Å²) < 4.78 is 0. The summed E-state index contributed by atoms with van der Waals surface area (Å²) in [5, 5.41) is 0. The van der Waals surface area contributed by atoms with Gasteiger partial charge in [-0.05, 0) is 63.0 Å². The maximum absolute atomic E-state index is 10.8. The number of aliphatic imine (C=N–C) groups is 1. The Morgan fingerprint density at radius 1 is 0.758 bits per heavy atom. The Kier molecular flexibility index (Phi) is 12.1. The highest BCUT2D eigenvalue weighted by Gasteiger charge is 2.17. The molecule has 2 aromatic rings. The Morgan fingerprint density at radius 3 is 1.70 bits per heavy atom. The van der Waals surface area contributed by atoms with Crippen LogP contribution in [-0.4, -0.2) is 11.5 Å². The van der Waals surface area contributed by atoms with Crippen molar-refractivity contribution in [2.24, 2.45) is 22.6 Å². The lowest BCUT2D eigenvalue weighted by molar-refractivity contribution is -0.123. The van der Waals surface area contributed by atoms with Gasteiger partial charge in [-0.1, -0.05) is 87.4 Å². The first-order chi connectivity index (χ1) is 15.9. The van der Waals surface area contributed by atoms with Crippen LogP contribution in [0.2, 0.25) is 0 Å². The molecule has 2 aliphatic rings. The molecule has 0 heterocycles. The van der Waals surface area contributed by atoms with E-state index in [1.807, 2.05) is 44.2 Å². The third kappa shape index (κ3) is 10.0. The van der Waals surface area contributed by atoms with E-state index in [0.29, 0.717) is 23.7 Å². The lowest BCUT2D eigenvalue weighted by Crippen LogP contribution is -2.17. The average Bonchev–Trinajstić information content (AvgIpc) is 2.84. The van der Waals surface area contributed by atoms with Gasteiger partial charge in [-0.3, -0.25) is 9.79 Å². The van der Waals surface area contributed by atoms with E-state index in [1.54, 1.807) is 0 Å². The van der Waals surface area contributed by atoms with E-state index >= 15 is 0 Å². The van der Waals surface area contributed by atoms with Gasteiger partial charge in [0.15, 0.2) is 0 Å². The Bertz CT molecular complexity index is 829. The summed E-state index contributed by atoms with van der Waals surface area (Å²) in [6.45, 7) is 8.52. The lowest BCUT2D eigenvalue weighted by Gasteiger charge is -2.22. The van der Waals surface area contributed by atoms with Crippen molar-refractivity contribution in [1.82, 2.24) is 0 Å². The fraction of sp³-hybridized carbons (Fsp3) is 0.533. The second-order valence-electron chi connectivity index (χ2n) is 9.67. The number of rotatable bonds is 3. The fourth-order valence-corrected chi connectivity index (χ4v) is 4.33. The van der Waals surface area contributed by atoms with Gasteiger partial charge in [-0.15, -0.1) is 0 Å². The summed E-state index contributed by atoms with van der Waals surface area (Å²) in [7, 11) is 0. The smallest absolute Gasteiger partial charge is 0.135 e. The van der Waals surface area contributed by atoms with E-state index in [1.165, 1.54) is 48.9 Å². The average molecular weight is 449 g/mol. The fourth-order valence-electron chi connectivity index (χ4n) is 4.33. The van der Waals surface area contributed by atoms with Crippen LogP contribution in [0.4, 0.5) is 0 Å². The molecule has 2 aromatic carbocycles. The van der Waals surface area contributed by atoms with Crippen LogP contribution in [0.1, 0.15) is 102 Å². The topological polar surface area (TPSA) is 55.5 Å². The molecule has 0 bridgehead atoms. The summed E-state index contributed by atoms with van der Waals surface area (Å²) in [6.07, 6.45) is 9.57. The van der Waals surface area contributed by atoms with Crippen LogP contribution in [0.3, 0.4) is 0 Å². The molecule has 0 saturated heterocycles. The van der Waals surface area contributed by atoms with Crippen molar-refractivity contribution < 1.29 is 4.79 Å². The number of hydrogen-bond acceptors (Lipinski definition) is 3. The van der Waals surface area contributed by atoms with Gasteiger partial charge >= 0.3 is 0 Å². The Hall–Kier alpha value is -2.26. The monoisotopic (exact) mass is 448 g/mol. The maximum atomic E-state index is 10.8. The zero-order chi connectivity index (χ0) is 24.1. The van der Waals surface area contributed by atoms with Crippen molar-refractivity contribution in [3.05, 3.63) is 71.8 Å². The zero-order valence-corrected chi connectivity index (χ0v) is 21.2. The molecule has 33 heavy (non-hydrogen) atoms. The number of Topliss-reactive ketones (excluding diaryl/α,β-unsaturated/α-hetero) is 1. The van der Waals surface area contributed by atoms with Gasteiger partial charge in [0, 0.05) is 24.1 Å². The normalized spacial score (nSPS) is 23.4. The highest BCUT2D eigenvalue weighted by Crippen LogP contribution is 2.25. The third-order valence-corrected chi connectivity index (χ3v) is 6.72. The largest absolute Gasteiger partial charge is 0.324 e. The Morgan fingerprint density at radius 2 is 1.27 bits per heavy atom. The standard InChI is InChI=1S/C15H21N.C8H11N.C7H12O/c1-12-8-6-7-11-15(12)16-13(2)14-9-4-3-5-10-14;1-7(9)8-5-3-2-4-6-8;1-6-4-2-3-5-7(6)8/h3-5,9-10,12-13H,6-8,11H2,1-2H3;2-7H,9H2,1H3;6H,2-5H2,1H3/t12?,13-;7-;/m11./s1. The molecule has 0 spiro atoms. The third-order valence-electron chi connectivity index (χ3n) is 6.72. The number of benzene rings is 2. The molecule has 0 aromatic heterocycles. The summed E-state index contributed by atoms with van der Waals surface area (Å²) in [6, 6.07) is 21.1. The molecule has 4 rings (SSSR count). The molecular formula is C30H44N2O. The second kappa shape index (κ2) is 14.8. The highest BCUT2D eigenvalue weighted by atomic mass is 16.1. The van der Waals surface area contributed by atoms with E-state index in [9.17, 15) is 4.79 Å². The Balaban J connectivity index is 0.000000192. The van der Waals surface area contributed by atoms with Crippen LogP contribution in [0.5, 0.6) is 0 Å². The summed E-state index contributed by atoms with van der Waals surface area (Å²) in [4.78, 5) is 15.7. The maximum Gasteiger partial charge on any atom is 0.135 e. The quantitative estimate of drug-likeness (QED) is 0.519. The van der Waals surface area contributed by atoms with Gasteiger partial charge < -0.3 is 5.73 Å². The van der Waals surface area contributed by atoms with Gasteiger partial charge in [0.1, 0.15) is 5.78 Å². The van der Waals surface area contributed by atoms with E-state index in [0.717, 1.165) is 19.3 Å². The molecule has 3 nitrogen and oxygen atoms in total. The molecule has 0 radical (unpaired) electrons. The number of nitrogens with two attached hydrogens (primary N) is 1. The lowest BCUT2D eigenvalue weighted by atomic mass is 9.88. The molecule has 2 saturated carbocycles. The van der Waals surface area contributed by atoms with Crippen LogP contribution in [0.25, 0.3) is 0 Å². The van der Waals surface area contributed by atoms with Crippen molar-refractivity contribution in [3.8, 4) is 0 Å². The molecule has 180 valence electrons. The van der Waals surface area contributed by atoms with Crippen molar-refractivity contribution in [3.63, 3.8) is 0 Å². The van der Waals surface area contributed by atoms with E-state index in [2.05, 4.69) is 44.2 Å². The molecule has 2 unspecified atom stereocenters. The molecule has 3 heteroatoms. The van der Waals surface area contributed by atoms with Crippen molar-refractivity contribution in [2.75, 3.05) is 0 Å². The SMILES string of the molecule is CC1CCCCC1=N[C@H](C)c1ccccc1.CC1CCCCC1=O.C[C@@H](N)c1ccccc1. The number of carbonyl (C=O) groups excluding carboxylic acids is 1. The molecule has 2 fully saturated rings. The first kappa shape index (κ1) is 27.0. The number of ketones is 1. The highest BCUT2D eigenvalue weighted by molar-refractivity contribution is 5.87. The van der Waals surface area contributed by atoms with Gasteiger partial charge in [-0.2, -0.15) is 0 Å². The van der Waals surface area contributed by atoms with Crippen LogP contribution in [0, 0.1) is 11.8 Å². The summed E-state index contributed by atoms with van der Waals surface area (Å²) in [5.41, 5.74) is 9.57. The number of nitrogens with zero attached hydrogens (tertiary/aromatic N) is 1. The molecule has 2 N–H and O–H groups in total. The van der Waals surface area contributed by atoms with Gasteiger partial charge in [0.2, 0.25) is 0 Å². The van der Waals surface area contributed by atoms with E-state index in [4.69, 9.17) is 10.7 Å². The molecule has 0 aliphatic heterocycles. The van der Waals surface area contributed by atoms with E-state index in [-0.39, 0.29) is 6.04 Å². The predicted octanol–water partition coefficient (Wildman–Crippen LogP) is 7.87. The molecule has 2 aliphatic carbocycles. The number of carbonyl (C=O) groups is 1. The van der Waals surface area contributed by atoms with Crippen molar-refractivity contribution >= 4 is 11.5 Å². The van der Waals surface area contributed by atoms with Crippen molar-refractivity contribution in [1.29, 1.82) is 0 Å². The van der Waals surface area contributed by atoms with Crippen LogP contribution in [0.15, 0.2) is 65.7 Å². The Labute approximate surface area is 201 Å². The molecule has 4 atom stereocenters. The van der Waals surface area contributed by atoms with Crippen LogP contribution in [-0.2, 0) is 4.79 Å². The van der Waals surface area contributed by atoms with E-state index < -0.39 is 0 Å². The minimum absolute atomic E-state index is 0.159. The first-order valence-corrected chi connectivity index (χ1v) is 12.8. The van der Waals surface area contributed by atoms with Gasteiger partial charge in [0.05, 0.1) is 6.04 Å². The van der Waals surface area contributed by atoms with Crippen LogP contribution < -0.4 is 5.73 Å². The zero-order valence-electron chi connectivity index (χ0n) is 21.2. The molecular weight excluding hydrogens is 404 g/mol. The second-order valence-corrected chi connectivity index (χ2v) is 9.67. The van der Waals surface area contributed by atoms with Crippen molar-refractivity contribution in [2.45, 2.75) is 91.1 Å². The molecule has 0 amide bonds. The van der Waals surface area contributed by atoms with Gasteiger partial charge in [0.25, 0.3) is 0 Å². The first-order valence-electron chi connectivity index (χ1n) is 12.8. The number of hydrogen-bond donors (Lipinski definition) is 1.